The van der Waals surface area contributed by atoms with Crippen molar-refractivity contribution in [2.75, 3.05) is 0 Å². The van der Waals surface area contributed by atoms with E-state index in [1.807, 2.05) is 152 Å². The Hall–Kier alpha value is -7.48. The van der Waals surface area contributed by atoms with Crippen LogP contribution in [0.4, 0.5) is 0 Å². The first-order valence-corrected chi connectivity index (χ1v) is 23.8. The number of hydrogen-bond donors (Lipinski definition) is 2. The zero-order valence-corrected chi connectivity index (χ0v) is 41.6. The molecular formula is C56H46Br2ClN9O2. The van der Waals surface area contributed by atoms with Crippen molar-refractivity contribution in [3.63, 3.8) is 0 Å². The van der Waals surface area contributed by atoms with E-state index in [1.54, 1.807) is 55.5 Å². The Morgan fingerprint density at radius 2 is 0.943 bits per heavy atom. The quantitative estimate of drug-likeness (QED) is 0.0543. The lowest BCUT2D eigenvalue weighted by molar-refractivity contribution is 0.112. The van der Waals surface area contributed by atoms with Crippen molar-refractivity contribution in [1.29, 1.82) is 0 Å². The number of azide groups is 1. The number of aldehydes is 1. The molecule has 0 spiro atoms. The summed E-state index contributed by atoms with van der Waals surface area (Å²) in [5, 5.41) is 24.0. The lowest BCUT2D eigenvalue weighted by atomic mass is 10.1. The molecule has 348 valence electrons. The molecule has 0 saturated carbocycles. The van der Waals surface area contributed by atoms with Crippen LogP contribution in [0.3, 0.4) is 0 Å². The van der Waals surface area contributed by atoms with Gasteiger partial charge in [0, 0.05) is 121 Å². The SMILES string of the molecule is Brc1cccc2cnccc12.ClCc1cccc2cnccc12.NCc1cccc2cnccc12.O=Cc1cccc(Br)c1.OCc1cccc2cnccc12.[N-]=[N+]=NCc1cccc2cnccc12. The molecule has 0 bridgehead atoms. The Bertz CT molecular complexity index is 3270. The number of alkyl halides is 1. The summed E-state index contributed by atoms with van der Waals surface area (Å²) in [5.41, 5.74) is 18.9. The number of rotatable bonds is 6. The molecule has 0 aliphatic heterocycles. The monoisotopic (exact) mass is 1070 g/mol. The molecule has 0 aliphatic carbocycles. The molecule has 0 fully saturated rings. The maximum Gasteiger partial charge on any atom is 0.150 e. The van der Waals surface area contributed by atoms with Crippen LogP contribution in [-0.4, -0.2) is 36.3 Å². The van der Waals surface area contributed by atoms with Gasteiger partial charge in [-0.2, -0.15) is 0 Å². The van der Waals surface area contributed by atoms with Crippen molar-refractivity contribution < 1.29 is 9.90 Å². The van der Waals surface area contributed by atoms with Crippen molar-refractivity contribution >= 4 is 104 Å². The summed E-state index contributed by atoms with van der Waals surface area (Å²) in [6, 6.07) is 47.0. The van der Waals surface area contributed by atoms with Crippen molar-refractivity contribution in [2.24, 2.45) is 10.8 Å². The second-order valence-corrected chi connectivity index (χ2v) is 17.0. The molecule has 5 heterocycles. The number of carbonyl (C=O) groups excluding carboxylic acids is 1. The predicted octanol–water partition coefficient (Wildman–Crippen LogP) is 14.7. The maximum absolute atomic E-state index is 10.1. The first-order chi connectivity index (χ1) is 34.4. The largest absolute Gasteiger partial charge is 0.392 e. The summed E-state index contributed by atoms with van der Waals surface area (Å²) in [4.78, 5) is 33.0. The average Bonchev–Trinajstić information content (AvgIpc) is 3.43. The predicted molar refractivity (Wildman–Crippen MR) is 292 cm³/mol. The smallest absolute Gasteiger partial charge is 0.150 e. The van der Waals surface area contributed by atoms with Crippen molar-refractivity contribution in [3.8, 4) is 0 Å². The van der Waals surface area contributed by atoms with E-state index < -0.39 is 0 Å². The van der Waals surface area contributed by atoms with Gasteiger partial charge in [0.1, 0.15) is 6.29 Å². The maximum atomic E-state index is 10.1. The van der Waals surface area contributed by atoms with Crippen LogP contribution < -0.4 is 5.73 Å². The van der Waals surface area contributed by atoms with Gasteiger partial charge in [0.2, 0.25) is 0 Å². The molecule has 6 aromatic carbocycles. The zero-order chi connectivity index (χ0) is 49.3. The molecular weight excluding hydrogens is 1030 g/mol. The fourth-order valence-electron chi connectivity index (χ4n) is 7.10. The van der Waals surface area contributed by atoms with Crippen molar-refractivity contribution in [3.05, 3.63) is 255 Å². The van der Waals surface area contributed by atoms with Crippen LogP contribution in [0, 0.1) is 0 Å². The van der Waals surface area contributed by atoms with Crippen LogP contribution in [0.5, 0.6) is 0 Å². The molecule has 5 aromatic heterocycles. The number of aromatic nitrogens is 5. The van der Waals surface area contributed by atoms with E-state index in [9.17, 15) is 4.79 Å². The van der Waals surface area contributed by atoms with E-state index >= 15 is 0 Å². The first kappa shape index (κ1) is 51.9. The van der Waals surface area contributed by atoms with Gasteiger partial charge in [0.15, 0.2) is 0 Å². The molecule has 3 N–H and O–H groups in total. The highest BCUT2D eigenvalue weighted by atomic mass is 79.9. The van der Waals surface area contributed by atoms with Gasteiger partial charge in [-0.25, -0.2) is 0 Å². The Morgan fingerprint density at radius 3 is 1.37 bits per heavy atom. The Labute approximate surface area is 427 Å². The van der Waals surface area contributed by atoms with Crippen LogP contribution in [0.25, 0.3) is 64.3 Å². The van der Waals surface area contributed by atoms with E-state index in [2.05, 4.69) is 66.8 Å². The number of aliphatic hydroxyl groups excluding tert-OH is 1. The van der Waals surface area contributed by atoms with Gasteiger partial charge in [-0.15, -0.1) is 11.6 Å². The van der Waals surface area contributed by atoms with Crippen LogP contribution in [-0.2, 0) is 25.6 Å². The van der Waals surface area contributed by atoms with Gasteiger partial charge < -0.3 is 10.8 Å². The normalized spacial score (nSPS) is 10.1. The molecule has 11 rings (SSSR count). The number of pyridine rings is 5. The van der Waals surface area contributed by atoms with Gasteiger partial charge in [0.25, 0.3) is 0 Å². The van der Waals surface area contributed by atoms with Gasteiger partial charge >= 0.3 is 0 Å². The lowest BCUT2D eigenvalue weighted by Crippen LogP contribution is -1.96. The number of fused-ring (bicyclic) bond motifs is 5. The highest BCUT2D eigenvalue weighted by Gasteiger charge is 2.01. The summed E-state index contributed by atoms with van der Waals surface area (Å²) in [6.45, 7) is 1.06. The topological polar surface area (TPSA) is 177 Å². The summed E-state index contributed by atoms with van der Waals surface area (Å²) in [6.07, 6.45) is 18.9. The van der Waals surface area contributed by atoms with E-state index in [0.717, 1.165) is 64.2 Å². The summed E-state index contributed by atoms with van der Waals surface area (Å²) < 4.78 is 2.06. The van der Waals surface area contributed by atoms with Gasteiger partial charge in [-0.1, -0.05) is 134 Å². The van der Waals surface area contributed by atoms with E-state index in [1.165, 1.54) is 27.1 Å². The molecule has 0 radical (unpaired) electrons. The molecule has 70 heavy (non-hydrogen) atoms. The molecule has 0 amide bonds. The number of benzene rings is 6. The first-order valence-electron chi connectivity index (χ1n) is 21.7. The second kappa shape index (κ2) is 28.1. The molecule has 0 aliphatic rings. The molecule has 11 nitrogen and oxygen atoms in total. The van der Waals surface area contributed by atoms with Gasteiger partial charge in [0.05, 0.1) is 13.2 Å². The standard InChI is InChI=1S/C10H8ClN.C10H8N4.C10H10N2.C10H9NO.C9H6BrN.C7H5BrO/c11-6-8-2-1-3-9-7-12-5-4-10(8)9;11-14-13-7-9-3-1-2-8-6-12-5-4-10(8)9;11-6-8-2-1-3-9-7-12-5-4-10(8)9;12-7-9-3-1-2-8-6-11-5-4-10(8)9;10-9-3-1-2-7-6-11-5-4-8(7)9;8-7-3-1-2-6(4-7)5-9/h1-5,7H,6H2;1-6H,7H2;1-5,7H,6,11H2;1-6,12H,7H2;1-6H;1-5H. The number of carbonyl (C=O) groups is 1. The highest BCUT2D eigenvalue weighted by Crippen LogP contribution is 2.23. The number of hydrogen-bond acceptors (Lipinski definition) is 9. The van der Waals surface area contributed by atoms with Crippen LogP contribution in [0.1, 0.15) is 32.6 Å². The van der Waals surface area contributed by atoms with Crippen LogP contribution in [0.2, 0.25) is 0 Å². The summed E-state index contributed by atoms with van der Waals surface area (Å²) in [7, 11) is 0. The fraction of sp³-hybridized carbons (Fsp3) is 0.0714. The van der Waals surface area contributed by atoms with Gasteiger partial charge in [-0.05, 0) is 103 Å². The van der Waals surface area contributed by atoms with Crippen molar-refractivity contribution in [1.82, 2.24) is 24.9 Å². The molecule has 0 atom stereocenters. The zero-order valence-electron chi connectivity index (χ0n) is 37.7. The molecule has 11 aromatic rings. The van der Waals surface area contributed by atoms with Crippen LogP contribution >= 0.6 is 43.5 Å². The third-order valence-corrected chi connectivity index (χ3v) is 12.0. The number of halogens is 3. The Balaban J connectivity index is 0.000000138. The second-order valence-electron chi connectivity index (χ2n) is 15.0. The lowest BCUT2D eigenvalue weighted by Gasteiger charge is -2.01. The molecule has 14 heteroatoms. The highest BCUT2D eigenvalue weighted by molar-refractivity contribution is 9.11. The minimum Gasteiger partial charge on any atom is -0.392 e. The van der Waals surface area contributed by atoms with E-state index in [-0.39, 0.29) is 6.61 Å². The number of aliphatic hydroxyl groups is 1. The van der Waals surface area contributed by atoms with Crippen LogP contribution in [0.15, 0.2) is 222 Å². The molecule has 0 saturated heterocycles. The Morgan fingerprint density at radius 1 is 0.543 bits per heavy atom. The van der Waals surface area contributed by atoms with Crippen molar-refractivity contribution in [2.45, 2.75) is 25.6 Å². The minimum absolute atomic E-state index is 0.0847. The number of nitrogens with zero attached hydrogens (tertiary/aromatic N) is 8. The average molecular weight is 1070 g/mol. The summed E-state index contributed by atoms with van der Waals surface area (Å²) in [5.74, 6) is 0.557. The number of nitrogens with two attached hydrogens (primary N) is 1. The van der Waals surface area contributed by atoms with E-state index in [0.29, 0.717) is 24.5 Å². The fourth-order valence-corrected chi connectivity index (χ4v) is 8.26. The van der Waals surface area contributed by atoms with E-state index in [4.69, 9.17) is 28.0 Å². The third kappa shape index (κ3) is 15.0. The Kier molecular flexibility index (Phi) is 20.8. The molecule has 0 unspecified atom stereocenters. The minimum atomic E-state index is 0.0847. The van der Waals surface area contributed by atoms with Gasteiger partial charge in [-0.3, -0.25) is 29.7 Å². The third-order valence-electron chi connectivity index (χ3n) is 10.5. The summed E-state index contributed by atoms with van der Waals surface area (Å²) >= 11 is 12.5.